The van der Waals surface area contributed by atoms with Crippen molar-refractivity contribution in [2.75, 3.05) is 11.6 Å². The van der Waals surface area contributed by atoms with Crippen molar-refractivity contribution in [3.8, 4) is 11.6 Å². The molecule has 0 aliphatic heterocycles. The molecule has 0 bridgehead atoms. The minimum Gasteiger partial charge on any atom is -0.437 e. The quantitative estimate of drug-likeness (QED) is 0.426. The van der Waals surface area contributed by atoms with Crippen LogP contribution in [0.5, 0.6) is 11.6 Å². The van der Waals surface area contributed by atoms with E-state index in [1.165, 1.54) is 30.5 Å². The molecule has 1 aromatic heterocycles. The molecule has 0 spiro atoms. The average Bonchev–Trinajstić information content (AvgIpc) is 2.70. The lowest BCUT2D eigenvalue weighted by molar-refractivity contribution is -0.142. The van der Waals surface area contributed by atoms with Crippen LogP contribution in [0.1, 0.15) is 32.7 Å². The van der Waals surface area contributed by atoms with E-state index < -0.39 is 44.5 Å². The van der Waals surface area contributed by atoms with Gasteiger partial charge in [0.15, 0.2) is 5.69 Å². The van der Waals surface area contributed by atoms with E-state index in [1.807, 2.05) is 0 Å². The third-order valence-corrected chi connectivity index (χ3v) is 6.60. The van der Waals surface area contributed by atoms with E-state index in [4.69, 9.17) is 21.1 Å². The topological polar surface area (TPSA) is 105 Å². The number of carbonyl (C=O) groups is 1. The Labute approximate surface area is 199 Å². The molecule has 3 aromatic rings. The van der Waals surface area contributed by atoms with Crippen LogP contribution in [0, 0.1) is 25.6 Å². The number of aromatic nitrogens is 2. The predicted octanol–water partition coefficient (Wildman–Crippen LogP) is 6.15. The molecule has 3 rings (SSSR count). The monoisotopic (exact) mass is 512 g/mol. The highest BCUT2D eigenvalue weighted by Crippen LogP contribution is 2.36. The van der Waals surface area contributed by atoms with Gasteiger partial charge in [-0.05, 0) is 67.8 Å². The first-order valence-electron chi connectivity index (χ1n) is 9.72. The van der Waals surface area contributed by atoms with E-state index in [0.717, 1.165) is 6.92 Å². The van der Waals surface area contributed by atoms with E-state index in [2.05, 4.69) is 15.5 Å². The molecule has 0 aliphatic carbocycles. The molecule has 12 heteroatoms. The largest absolute Gasteiger partial charge is 0.437 e. The van der Waals surface area contributed by atoms with Crippen LogP contribution in [0.3, 0.4) is 0 Å². The van der Waals surface area contributed by atoms with E-state index >= 15 is 0 Å². The van der Waals surface area contributed by atoms with E-state index in [-0.39, 0.29) is 16.3 Å². The van der Waals surface area contributed by atoms with Crippen LogP contribution in [-0.4, -0.2) is 26.6 Å². The van der Waals surface area contributed by atoms with Crippen LogP contribution >= 0.6 is 11.6 Å². The summed E-state index contributed by atoms with van der Waals surface area (Å²) in [6, 6.07) is 8.80. The first-order chi connectivity index (χ1) is 15.7. The summed E-state index contributed by atoms with van der Waals surface area (Å²) in [7, 11) is -3.08. The van der Waals surface area contributed by atoms with E-state index in [9.17, 15) is 22.2 Å². The average molecular weight is 513 g/mol. The van der Waals surface area contributed by atoms with Crippen molar-refractivity contribution >= 4 is 32.9 Å². The van der Waals surface area contributed by atoms with Crippen molar-refractivity contribution in [1.82, 2.24) is 10.2 Å². The van der Waals surface area contributed by atoms with Gasteiger partial charge in [0.05, 0.1) is 9.73 Å². The highest BCUT2D eigenvalue weighted by Gasteiger charge is 2.38. The van der Waals surface area contributed by atoms with E-state index in [1.54, 1.807) is 26.0 Å². The number of hydrogen-bond donors (Lipinski definition) is 2. The van der Waals surface area contributed by atoms with Gasteiger partial charge in [0.1, 0.15) is 11.3 Å². The third-order valence-electron chi connectivity index (χ3n) is 4.85. The van der Waals surface area contributed by atoms with Gasteiger partial charge >= 0.3 is 6.18 Å². The highest BCUT2D eigenvalue weighted by molar-refractivity contribution is 7.91. The van der Waals surface area contributed by atoms with Gasteiger partial charge in [-0.15, -0.1) is 10.2 Å². The SMILES string of the molecule is Cc1cc(Oc2nnc(C(F)(F)F)c(C)c2C(=O)Nc2cccc(S(C)(=N)=O)c2)cc(C)c1Cl. The molecule has 1 amide bonds. The molecule has 34 heavy (non-hydrogen) atoms. The van der Waals surface area contributed by atoms with Crippen molar-refractivity contribution in [3.63, 3.8) is 0 Å². The van der Waals surface area contributed by atoms with Gasteiger partial charge in [-0.3, -0.25) is 4.79 Å². The summed E-state index contributed by atoms with van der Waals surface area (Å²) in [5.74, 6) is -1.16. The molecule has 0 aliphatic rings. The number of ether oxygens (including phenoxy) is 1. The summed E-state index contributed by atoms with van der Waals surface area (Å²) in [4.78, 5) is 13.3. The number of halogens is 4. The number of rotatable bonds is 5. The Morgan fingerprint density at radius 1 is 1.12 bits per heavy atom. The molecule has 1 unspecified atom stereocenters. The Morgan fingerprint density at radius 2 is 1.74 bits per heavy atom. The number of nitrogens with zero attached hydrogens (tertiary/aromatic N) is 2. The Balaban J connectivity index is 2.09. The van der Waals surface area contributed by atoms with Crippen LogP contribution in [0.2, 0.25) is 5.02 Å². The lowest BCUT2D eigenvalue weighted by atomic mass is 10.1. The second kappa shape index (κ2) is 9.22. The summed E-state index contributed by atoms with van der Waals surface area (Å²) in [5, 5.41) is 9.74. The minimum atomic E-state index is -4.85. The summed E-state index contributed by atoms with van der Waals surface area (Å²) in [5.41, 5.74) is -0.818. The van der Waals surface area contributed by atoms with Crippen LogP contribution < -0.4 is 10.1 Å². The maximum Gasteiger partial charge on any atom is 0.435 e. The van der Waals surface area contributed by atoms with Gasteiger partial charge < -0.3 is 10.1 Å². The molecule has 180 valence electrons. The van der Waals surface area contributed by atoms with Crippen molar-refractivity contribution in [3.05, 3.63) is 69.4 Å². The van der Waals surface area contributed by atoms with Gasteiger partial charge in [0.25, 0.3) is 11.8 Å². The van der Waals surface area contributed by atoms with Crippen LogP contribution in [0.4, 0.5) is 18.9 Å². The smallest absolute Gasteiger partial charge is 0.435 e. The van der Waals surface area contributed by atoms with Crippen LogP contribution in [-0.2, 0) is 15.9 Å². The first-order valence-corrected chi connectivity index (χ1v) is 12.1. The molecule has 1 atom stereocenters. The summed E-state index contributed by atoms with van der Waals surface area (Å²) in [6.07, 6.45) is -3.64. The fourth-order valence-corrected chi connectivity index (χ4v) is 3.99. The van der Waals surface area contributed by atoms with Gasteiger partial charge in [-0.1, -0.05) is 17.7 Å². The molecule has 2 aromatic carbocycles. The number of nitrogens with one attached hydrogen (secondary N) is 2. The van der Waals surface area contributed by atoms with Crippen molar-refractivity contribution in [2.24, 2.45) is 0 Å². The first kappa shape index (κ1) is 25.4. The Kier molecular flexibility index (Phi) is 6.90. The molecule has 1 heterocycles. The number of benzene rings is 2. The number of amides is 1. The maximum atomic E-state index is 13.5. The molecule has 0 fully saturated rings. The zero-order valence-corrected chi connectivity index (χ0v) is 20.1. The lowest BCUT2D eigenvalue weighted by Gasteiger charge is -2.17. The molecule has 2 N–H and O–H groups in total. The van der Waals surface area contributed by atoms with Gasteiger partial charge in [0.2, 0.25) is 0 Å². The highest BCUT2D eigenvalue weighted by atomic mass is 35.5. The fourth-order valence-electron chi connectivity index (χ4n) is 3.19. The van der Waals surface area contributed by atoms with Crippen molar-refractivity contribution in [1.29, 1.82) is 4.78 Å². The zero-order valence-electron chi connectivity index (χ0n) is 18.5. The minimum absolute atomic E-state index is 0.137. The van der Waals surface area contributed by atoms with Gasteiger partial charge in [-0.2, -0.15) is 13.2 Å². The van der Waals surface area contributed by atoms with Crippen molar-refractivity contribution in [2.45, 2.75) is 31.8 Å². The Hall–Kier alpha value is -3.18. The predicted molar refractivity (Wildman–Crippen MR) is 122 cm³/mol. The number of anilines is 1. The second-order valence-electron chi connectivity index (χ2n) is 7.65. The number of carbonyl (C=O) groups excluding carboxylic acids is 1. The molecule has 0 saturated carbocycles. The molecule has 7 nitrogen and oxygen atoms in total. The number of hydrogen-bond acceptors (Lipinski definition) is 6. The fraction of sp³-hybridized carbons (Fsp3) is 0.227. The van der Waals surface area contributed by atoms with Gasteiger partial charge in [0, 0.05) is 21.9 Å². The van der Waals surface area contributed by atoms with Crippen LogP contribution in [0.25, 0.3) is 0 Å². The number of aryl methyl sites for hydroxylation is 2. The van der Waals surface area contributed by atoms with Crippen LogP contribution in [0.15, 0.2) is 41.3 Å². The molecule has 0 saturated heterocycles. The molecular weight excluding hydrogens is 493 g/mol. The second-order valence-corrected chi connectivity index (χ2v) is 10.2. The van der Waals surface area contributed by atoms with Crippen molar-refractivity contribution < 1.29 is 26.9 Å². The maximum absolute atomic E-state index is 13.5. The Bertz CT molecular complexity index is 1370. The normalized spacial score (nSPS) is 13.3. The summed E-state index contributed by atoms with van der Waals surface area (Å²) >= 11 is 6.16. The standard InChI is InChI=1S/C22H20ClF3N4O3S/c1-11-8-15(9-12(2)18(11)23)33-21-17(13(3)19(29-30-21)22(24,25)26)20(31)28-14-6-5-7-16(10-14)34(4,27)32/h5-10,27H,1-4H3,(H,28,31). The van der Waals surface area contributed by atoms with E-state index in [0.29, 0.717) is 16.1 Å². The summed E-state index contributed by atoms with van der Waals surface area (Å²) in [6.45, 7) is 4.55. The lowest BCUT2D eigenvalue weighted by Crippen LogP contribution is -2.21. The number of alkyl halides is 3. The third kappa shape index (κ3) is 5.48. The molecule has 0 radical (unpaired) electrons. The van der Waals surface area contributed by atoms with Gasteiger partial charge in [-0.25, -0.2) is 8.99 Å². The molecular formula is C22H20ClF3N4O3S. The summed E-state index contributed by atoms with van der Waals surface area (Å²) < 4.78 is 65.8. The Morgan fingerprint density at radius 3 is 2.29 bits per heavy atom. The zero-order chi connectivity index (χ0) is 25.4.